The van der Waals surface area contributed by atoms with Crippen LogP contribution >= 0.6 is 7.82 Å². The Kier molecular flexibility index (Phi) is 67.6. The number of esters is 2. The van der Waals surface area contributed by atoms with Crippen LogP contribution in [0.15, 0.2) is 146 Å². The van der Waals surface area contributed by atoms with E-state index in [0.29, 0.717) is 12.8 Å². The summed E-state index contributed by atoms with van der Waals surface area (Å²) in [5.41, 5.74) is 5.40. The van der Waals surface area contributed by atoms with Crippen LogP contribution in [-0.4, -0.2) is 49.3 Å². The Labute approximate surface area is 535 Å². The normalized spacial score (nSPS) is 13.8. The second-order valence-corrected chi connectivity index (χ2v) is 24.4. The monoisotopic (exact) mass is 1230 g/mol. The number of carbonyl (C=O) groups is 2. The first-order chi connectivity index (χ1) is 42.8. The maximum Gasteiger partial charge on any atom is 0.472 e. The fourth-order valence-electron chi connectivity index (χ4n) is 9.59. The lowest BCUT2D eigenvalue weighted by Crippen LogP contribution is -2.29. The van der Waals surface area contributed by atoms with Crippen molar-refractivity contribution in [1.29, 1.82) is 0 Å². The number of hydrogen-bond acceptors (Lipinski definition) is 8. The molecule has 0 aromatic carbocycles. The molecule has 0 bridgehead atoms. The van der Waals surface area contributed by atoms with Gasteiger partial charge in [-0.25, -0.2) is 4.57 Å². The van der Waals surface area contributed by atoms with E-state index in [4.69, 9.17) is 24.3 Å². The number of carbonyl (C=O) groups excluding carboxylic acids is 2. The summed E-state index contributed by atoms with van der Waals surface area (Å²) in [7, 11) is -4.40. The first kappa shape index (κ1) is 82.9. The number of unbranched alkanes of at least 4 members (excludes halogenated alkanes) is 28. The van der Waals surface area contributed by atoms with Crippen LogP contribution in [0.3, 0.4) is 0 Å². The van der Waals surface area contributed by atoms with Gasteiger partial charge in [-0.15, -0.1) is 0 Å². The van der Waals surface area contributed by atoms with E-state index in [1.54, 1.807) is 0 Å². The summed E-state index contributed by atoms with van der Waals surface area (Å²) in [4.78, 5) is 35.3. The molecule has 0 saturated carbocycles. The number of nitrogens with two attached hydrogens (primary N) is 1. The average molecular weight is 1230 g/mol. The van der Waals surface area contributed by atoms with Gasteiger partial charge in [0.25, 0.3) is 0 Å². The highest BCUT2D eigenvalue weighted by Crippen LogP contribution is 2.43. The number of ether oxygens (including phenoxy) is 2. The van der Waals surface area contributed by atoms with Crippen LogP contribution in [0.2, 0.25) is 0 Å². The molecule has 0 aliphatic rings. The fraction of sp³-hybridized carbons (Fsp3) is 0.662. The molecule has 0 aromatic rings. The largest absolute Gasteiger partial charge is 0.472 e. The topological polar surface area (TPSA) is 134 Å². The molecule has 9 nitrogen and oxygen atoms in total. The lowest BCUT2D eigenvalue weighted by atomic mass is 10.0. The van der Waals surface area contributed by atoms with Crippen LogP contribution in [0, 0.1) is 0 Å². The molecule has 0 aliphatic carbocycles. The highest BCUT2D eigenvalue weighted by atomic mass is 31.2. The second-order valence-electron chi connectivity index (χ2n) is 23.0. The van der Waals surface area contributed by atoms with Gasteiger partial charge >= 0.3 is 19.8 Å². The van der Waals surface area contributed by atoms with Crippen molar-refractivity contribution in [1.82, 2.24) is 0 Å². The lowest BCUT2D eigenvalue weighted by molar-refractivity contribution is -0.161. The quantitative estimate of drug-likeness (QED) is 0.0264. The minimum absolute atomic E-state index is 0.0461. The Hall–Kier alpha value is -4.11. The number of hydrogen-bond donors (Lipinski definition) is 2. The summed E-state index contributed by atoms with van der Waals surface area (Å²) < 4.78 is 33.2. The van der Waals surface area contributed by atoms with Crippen LogP contribution in [0.1, 0.15) is 296 Å². The molecule has 0 amide bonds. The molecule has 2 unspecified atom stereocenters. The van der Waals surface area contributed by atoms with Crippen LogP contribution in [0.25, 0.3) is 0 Å². The van der Waals surface area contributed by atoms with E-state index in [1.807, 2.05) is 0 Å². The lowest BCUT2D eigenvalue weighted by Gasteiger charge is -2.19. The first-order valence-corrected chi connectivity index (χ1v) is 36.8. The summed E-state index contributed by atoms with van der Waals surface area (Å²) in [6.45, 7) is 3.51. The average Bonchev–Trinajstić information content (AvgIpc) is 3.65. The molecule has 0 spiro atoms. The zero-order valence-corrected chi connectivity index (χ0v) is 56.6. The van der Waals surface area contributed by atoms with Gasteiger partial charge in [0.05, 0.1) is 13.2 Å². The van der Waals surface area contributed by atoms with E-state index in [9.17, 15) is 19.0 Å². The molecule has 0 radical (unpaired) electrons. The molecule has 0 aromatic heterocycles. The minimum atomic E-state index is -4.40. The zero-order chi connectivity index (χ0) is 63.0. The van der Waals surface area contributed by atoms with E-state index in [1.165, 1.54) is 122 Å². The van der Waals surface area contributed by atoms with Crippen molar-refractivity contribution in [3.63, 3.8) is 0 Å². The summed E-state index contributed by atoms with van der Waals surface area (Å²) in [6.07, 6.45) is 102. The number of rotatable bonds is 65. The van der Waals surface area contributed by atoms with Gasteiger partial charge in [0.15, 0.2) is 6.10 Å². The summed E-state index contributed by atoms with van der Waals surface area (Å²) in [5, 5.41) is 0. The van der Waals surface area contributed by atoms with E-state index in [-0.39, 0.29) is 32.6 Å². The predicted octanol–water partition coefficient (Wildman–Crippen LogP) is 23.4. The number of phosphoric acid groups is 1. The molecule has 10 heteroatoms. The molecule has 0 fully saturated rings. The highest BCUT2D eigenvalue weighted by Gasteiger charge is 2.26. The van der Waals surface area contributed by atoms with Crippen LogP contribution in [0.4, 0.5) is 0 Å². The predicted molar refractivity (Wildman–Crippen MR) is 376 cm³/mol. The molecule has 2 atom stereocenters. The van der Waals surface area contributed by atoms with E-state index in [0.717, 1.165) is 135 Å². The van der Waals surface area contributed by atoms with E-state index < -0.39 is 32.5 Å². The van der Waals surface area contributed by atoms with Crippen molar-refractivity contribution in [2.24, 2.45) is 5.73 Å². The fourth-order valence-corrected chi connectivity index (χ4v) is 10.4. The SMILES string of the molecule is CC/C=C\C/C=C\C/C=C\C/C=C\C/C=C\C/C=C\CCCCCCCCCCCCCCCCCCCCCCCCC(=O)OC(COC(=O)CCCCCCCC/C=C\C/C=C\C/C=C\C/C=C\C/C=C\C/C=C\CC)COP(=O)(O)OCCN. The molecular weight excluding hydrogens is 1100 g/mol. The number of allylic oxidation sites excluding steroid dienone is 24. The van der Waals surface area contributed by atoms with E-state index >= 15 is 0 Å². The Balaban J connectivity index is 3.87. The minimum Gasteiger partial charge on any atom is -0.462 e. The van der Waals surface area contributed by atoms with Crippen LogP contribution in [-0.2, 0) is 32.7 Å². The number of phosphoric ester groups is 1. The maximum atomic E-state index is 12.8. The van der Waals surface area contributed by atoms with Gasteiger partial charge in [0.2, 0.25) is 0 Å². The van der Waals surface area contributed by atoms with Gasteiger partial charge in [0, 0.05) is 19.4 Å². The Morgan fingerprint density at radius 1 is 0.345 bits per heavy atom. The third kappa shape index (κ3) is 70.8. The third-order valence-electron chi connectivity index (χ3n) is 14.7. The first-order valence-electron chi connectivity index (χ1n) is 35.3. The van der Waals surface area contributed by atoms with E-state index in [2.05, 4.69) is 160 Å². The molecule has 496 valence electrons. The van der Waals surface area contributed by atoms with Crippen molar-refractivity contribution in [2.45, 2.75) is 302 Å². The molecule has 0 saturated heterocycles. The van der Waals surface area contributed by atoms with Gasteiger partial charge < -0.3 is 20.1 Å². The third-order valence-corrected chi connectivity index (χ3v) is 15.7. The van der Waals surface area contributed by atoms with Crippen molar-refractivity contribution >= 4 is 19.8 Å². The van der Waals surface area contributed by atoms with Crippen molar-refractivity contribution in [3.05, 3.63) is 146 Å². The summed E-state index contributed by atoms with van der Waals surface area (Å²) in [5.74, 6) is -0.843. The molecule has 0 rings (SSSR count). The molecule has 0 aliphatic heterocycles. The van der Waals surface area contributed by atoms with Crippen LogP contribution in [0.5, 0.6) is 0 Å². The summed E-state index contributed by atoms with van der Waals surface area (Å²) >= 11 is 0. The second kappa shape index (κ2) is 71.0. The van der Waals surface area contributed by atoms with Gasteiger partial charge in [-0.05, 0) is 116 Å². The summed E-state index contributed by atoms with van der Waals surface area (Å²) in [6, 6.07) is 0. The maximum absolute atomic E-state index is 12.8. The molecular formula is C77H130NO8P. The highest BCUT2D eigenvalue weighted by molar-refractivity contribution is 7.47. The standard InChI is InChI=1S/C77H130NO8P/c1-3-5-7-9-11-13-15-17-19-21-23-25-27-29-30-31-32-33-34-35-36-37-38-39-40-41-42-43-44-46-48-50-52-54-56-58-60-62-64-66-68-70-77(80)86-75(74-85-87(81,82)84-72-71-78)73-83-76(79)69-67-65-63-61-59-57-55-53-51-49-47-45-28-26-24-22-20-18-16-14-12-10-8-6-4-2/h5-8,11-14,17-20,23-26,29-30,32-33,45,47,51,53,75H,3-4,9-10,15-16,21-22,27-28,31,34-44,46,48-50,52,54-74,78H2,1-2H3,(H,81,82)/b7-5-,8-6-,13-11-,14-12-,19-17-,20-18-,25-23-,26-24-,30-29-,33-32-,47-45-,53-51-. The van der Waals surface area contributed by atoms with Gasteiger partial charge in [-0.1, -0.05) is 314 Å². The smallest absolute Gasteiger partial charge is 0.462 e. The van der Waals surface area contributed by atoms with Crippen molar-refractivity contribution in [3.8, 4) is 0 Å². The molecule has 0 heterocycles. The van der Waals surface area contributed by atoms with Gasteiger partial charge in [-0.3, -0.25) is 18.6 Å². The molecule has 3 N–H and O–H groups in total. The Bertz CT molecular complexity index is 1940. The van der Waals surface area contributed by atoms with Crippen molar-refractivity contribution in [2.75, 3.05) is 26.4 Å². The van der Waals surface area contributed by atoms with Gasteiger partial charge in [-0.2, -0.15) is 0 Å². The van der Waals surface area contributed by atoms with Gasteiger partial charge in [0.1, 0.15) is 6.61 Å². The zero-order valence-electron chi connectivity index (χ0n) is 55.7. The van der Waals surface area contributed by atoms with Crippen LogP contribution < -0.4 is 5.73 Å². The Morgan fingerprint density at radius 2 is 0.598 bits per heavy atom. The Morgan fingerprint density at radius 3 is 0.885 bits per heavy atom. The van der Waals surface area contributed by atoms with Crippen molar-refractivity contribution < 1.29 is 37.6 Å². The molecule has 87 heavy (non-hydrogen) atoms.